The van der Waals surface area contributed by atoms with Crippen LogP contribution in [0.1, 0.15) is 22.7 Å². The van der Waals surface area contributed by atoms with E-state index in [0.29, 0.717) is 5.76 Å². The van der Waals surface area contributed by atoms with Gasteiger partial charge in [0.1, 0.15) is 5.76 Å². The summed E-state index contributed by atoms with van der Waals surface area (Å²) in [6.07, 6.45) is 0.278. The van der Waals surface area contributed by atoms with E-state index >= 15 is 0 Å². The largest absolute Gasteiger partial charge is 0.463 e. The fourth-order valence-electron chi connectivity index (χ4n) is 1.18. The molecule has 1 aromatic rings. The summed E-state index contributed by atoms with van der Waals surface area (Å²) >= 11 is 0. The summed E-state index contributed by atoms with van der Waals surface area (Å²) in [5, 5.41) is 4.98. The first-order chi connectivity index (χ1) is 8.67. The van der Waals surface area contributed by atoms with Gasteiger partial charge in [-0.05, 0) is 18.6 Å². The lowest BCUT2D eigenvalue weighted by molar-refractivity contribution is 0.0563. The van der Waals surface area contributed by atoms with Crippen molar-refractivity contribution in [3.05, 3.63) is 23.7 Å². The Morgan fingerprint density at radius 3 is 2.83 bits per heavy atom. The smallest absolute Gasteiger partial charge is 0.373 e. The molecular formula is C11H15FN2O4. The van der Waals surface area contributed by atoms with Crippen molar-refractivity contribution >= 4 is 12.0 Å². The van der Waals surface area contributed by atoms with E-state index in [-0.39, 0.29) is 25.3 Å². The van der Waals surface area contributed by atoms with E-state index in [1.165, 1.54) is 13.2 Å². The number of nitrogens with one attached hydrogen (secondary N) is 2. The van der Waals surface area contributed by atoms with Crippen molar-refractivity contribution in [3.63, 3.8) is 0 Å². The highest BCUT2D eigenvalue weighted by molar-refractivity contribution is 5.86. The Bertz CT molecular complexity index is 406. The van der Waals surface area contributed by atoms with Crippen molar-refractivity contribution in [2.75, 3.05) is 20.3 Å². The summed E-state index contributed by atoms with van der Waals surface area (Å²) in [4.78, 5) is 22.3. The van der Waals surface area contributed by atoms with Gasteiger partial charge in [-0.1, -0.05) is 0 Å². The van der Waals surface area contributed by atoms with Crippen molar-refractivity contribution in [3.8, 4) is 0 Å². The zero-order valence-corrected chi connectivity index (χ0v) is 9.99. The van der Waals surface area contributed by atoms with Crippen LogP contribution in [-0.2, 0) is 11.3 Å². The minimum atomic E-state index is -0.575. The Balaban J connectivity index is 2.32. The van der Waals surface area contributed by atoms with Crippen LogP contribution in [0, 0.1) is 0 Å². The first-order valence-electron chi connectivity index (χ1n) is 5.42. The maximum Gasteiger partial charge on any atom is 0.373 e. The highest BCUT2D eigenvalue weighted by Gasteiger charge is 2.11. The van der Waals surface area contributed by atoms with E-state index < -0.39 is 18.7 Å². The molecule has 0 spiro atoms. The molecule has 6 nitrogen and oxygen atoms in total. The number of ether oxygens (including phenoxy) is 1. The number of rotatable bonds is 6. The number of furan rings is 1. The molecule has 0 aliphatic heterocycles. The minimum Gasteiger partial charge on any atom is -0.463 e. The SMILES string of the molecule is COC(=O)c1ccc(CNC(=O)NCCCF)o1. The van der Waals surface area contributed by atoms with Gasteiger partial charge < -0.3 is 19.8 Å². The van der Waals surface area contributed by atoms with E-state index in [2.05, 4.69) is 15.4 Å². The number of urea groups is 1. The molecule has 2 amide bonds. The molecule has 0 saturated heterocycles. The zero-order valence-electron chi connectivity index (χ0n) is 9.99. The number of alkyl halides is 1. The van der Waals surface area contributed by atoms with Gasteiger partial charge in [0.05, 0.1) is 20.3 Å². The van der Waals surface area contributed by atoms with Gasteiger partial charge >= 0.3 is 12.0 Å². The van der Waals surface area contributed by atoms with Crippen molar-refractivity contribution in [2.24, 2.45) is 0 Å². The predicted octanol–water partition coefficient (Wildman–Crippen LogP) is 1.22. The quantitative estimate of drug-likeness (QED) is 0.594. The van der Waals surface area contributed by atoms with Crippen molar-refractivity contribution < 1.29 is 23.1 Å². The molecule has 0 aromatic carbocycles. The number of amides is 2. The summed E-state index contributed by atoms with van der Waals surface area (Å²) < 4.78 is 21.4. The van der Waals surface area contributed by atoms with Crippen LogP contribution in [0.5, 0.6) is 0 Å². The van der Waals surface area contributed by atoms with E-state index in [1.54, 1.807) is 6.07 Å². The fourth-order valence-corrected chi connectivity index (χ4v) is 1.18. The second-order valence-electron chi connectivity index (χ2n) is 3.41. The molecule has 1 rings (SSSR count). The summed E-state index contributed by atoms with van der Waals surface area (Å²) in [6.45, 7) is -0.0622. The maximum atomic E-state index is 11.8. The number of esters is 1. The molecule has 18 heavy (non-hydrogen) atoms. The molecule has 0 aliphatic carbocycles. The molecule has 100 valence electrons. The van der Waals surface area contributed by atoms with Gasteiger partial charge in [-0.2, -0.15) is 0 Å². The van der Waals surface area contributed by atoms with E-state index in [0.717, 1.165) is 0 Å². The van der Waals surface area contributed by atoms with Crippen molar-refractivity contribution in [1.29, 1.82) is 0 Å². The zero-order chi connectivity index (χ0) is 13.4. The molecule has 0 radical (unpaired) electrons. The number of methoxy groups -OCH3 is 1. The van der Waals surface area contributed by atoms with Gasteiger partial charge in [0.25, 0.3) is 0 Å². The highest BCUT2D eigenvalue weighted by Crippen LogP contribution is 2.08. The standard InChI is InChI=1S/C11H15FN2O4/c1-17-10(15)9-4-3-8(18-9)7-14-11(16)13-6-2-5-12/h3-4H,2,5-7H2,1H3,(H2,13,14,16). The molecule has 2 N–H and O–H groups in total. The number of hydrogen-bond acceptors (Lipinski definition) is 4. The third-order valence-electron chi connectivity index (χ3n) is 2.07. The Morgan fingerprint density at radius 1 is 1.39 bits per heavy atom. The third kappa shape index (κ3) is 4.44. The predicted molar refractivity (Wildman–Crippen MR) is 60.9 cm³/mol. The Hall–Kier alpha value is -2.05. The molecule has 0 saturated carbocycles. The lowest BCUT2D eigenvalue weighted by atomic mass is 10.4. The number of halogens is 1. The minimum absolute atomic E-state index is 0.0761. The molecule has 0 fully saturated rings. The van der Waals surface area contributed by atoms with E-state index in [4.69, 9.17) is 4.42 Å². The lowest BCUT2D eigenvalue weighted by Crippen LogP contribution is -2.35. The van der Waals surface area contributed by atoms with Crippen LogP contribution in [0.25, 0.3) is 0 Å². The topological polar surface area (TPSA) is 80.6 Å². The van der Waals surface area contributed by atoms with E-state index in [9.17, 15) is 14.0 Å². The van der Waals surface area contributed by atoms with Gasteiger partial charge in [-0.15, -0.1) is 0 Å². The molecule has 7 heteroatoms. The normalized spacial score (nSPS) is 9.89. The molecule has 0 atom stereocenters. The Labute approximate surface area is 103 Å². The van der Waals surface area contributed by atoms with Crippen LogP contribution in [-0.4, -0.2) is 32.3 Å². The van der Waals surface area contributed by atoms with Crippen molar-refractivity contribution in [1.82, 2.24) is 10.6 Å². The summed E-state index contributed by atoms with van der Waals surface area (Å²) in [6, 6.07) is 2.61. The van der Waals surface area contributed by atoms with Crippen molar-refractivity contribution in [2.45, 2.75) is 13.0 Å². The van der Waals surface area contributed by atoms with E-state index in [1.807, 2.05) is 0 Å². The van der Waals surface area contributed by atoms with Crippen LogP contribution in [0.3, 0.4) is 0 Å². The summed E-state index contributed by atoms with van der Waals surface area (Å²) in [5.41, 5.74) is 0. The van der Waals surface area contributed by atoms with Gasteiger partial charge in [0, 0.05) is 6.54 Å². The molecule has 0 aliphatic rings. The number of hydrogen-bond donors (Lipinski definition) is 2. The first-order valence-corrected chi connectivity index (χ1v) is 5.42. The summed E-state index contributed by atoms with van der Waals surface area (Å²) in [7, 11) is 1.25. The van der Waals surface area contributed by atoms with Gasteiger partial charge in [-0.3, -0.25) is 4.39 Å². The van der Waals surface area contributed by atoms with Crippen LogP contribution >= 0.6 is 0 Å². The second-order valence-corrected chi connectivity index (χ2v) is 3.41. The average Bonchev–Trinajstić information content (AvgIpc) is 2.84. The summed E-state index contributed by atoms with van der Waals surface area (Å²) in [5.74, 6) is -0.0724. The molecule has 0 bridgehead atoms. The Kier molecular flexibility index (Phi) is 5.69. The highest BCUT2D eigenvalue weighted by atomic mass is 19.1. The van der Waals surface area contributed by atoms with Crippen LogP contribution in [0.4, 0.5) is 9.18 Å². The second kappa shape index (κ2) is 7.31. The monoisotopic (exact) mass is 258 g/mol. The maximum absolute atomic E-state index is 11.8. The lowest BCUT2D eigenvalue weighted by Gasteiger charge is -2.04. The van der Waals surface area contributed by atoms with Crippen LogP contribution < -0.4 is 10.6 Å². The van der Waals surface area contributed by atoms with Gasteiger partial charge in [0.2, 0.25) is 5.76 Å². The molecule has 1 heterocycles. The Morgan fingerprint density at radius 2 is 2.17 bits per heavy atom. The molecule has 0 unspecified atom stereocenters. The third-order valence-corrected chi connectivity index (χ3v) is 2.07. The molecule has 1 aromatic heterocycles. The number of carbonyl (C=O) groups excluding carboxylic acids is 2. The van der Waals surface area contributed by atoms with Gasteiger partial charge in [0.15, 0.2) is 0 Å². The van der Waals surface area contributed by atoms with Gasteiger partial charge in [-0.25, -0.2) is 9.59 Å². The van der Waals surface area contributed by atoms with Crippen LogP contribution in [0.2, 0.25) is 0 Å². The number of carbonyl (C=O) groups is 2. The molecular weight excluding hydrogens is 243 g/mol. The first kappa shape index (κ1) is 14.0. The van der Waals surface area contributed by atoms with Crippen LogP contribution in [0.15, 0.2) is 16.5 Å². The average molecular weight is 258 g/mol. The fraction of sp³-hybridized carbons (Fsp3) is 0.455.